The summed E-state index contributed by atoms with van der Waals surface area (Å²) >= 11 is 0. The topological polar surface area (TPSA) is 47.3 Å². The fourth-order valence-electron chi connectivity index (χ4n) is 2.36. The van der Waals surface area contributed by atoms with Gasteiger partial charge in [0.1, 0.15) is 5.75 Å². The summed E-state index contributed by atoms with van der Waals surface area (Å²) in [5, 5.41) is 0. The molecule has 2 aromatic carbocycles. The summed E-state index contributed by atoms with van der Waals surface area (Å²) in [5.41, 5.74) is 7.71. The van der Waals surface area contributed by atoms with Crippen molar-refractivity contribution >= 4 is 0 Å². The van der Waals surface area contributed by atoms with Crippen LogP contribution in [0.25, 0.3) is 0 Å². The van der Waals surface area contributed by atoms with E-state index in [9.17, 15) is 0 Å². The summed E-state index contributed by atoms with van der Waals surface area (Å²) in [6.07, 6.45) is 0. The van der Waals surface area contributed by atoms with Gasteiger partial charge in [0.25, 0.3) is 0 Å². The van der Waals surface area contributed by atoms with Gasteiger partial charge in [-0.1, -0.05) is 35.9 Å². The lowest BCUT2D eigenvalue weighted by atomic mass is 9.94. The molecule has 0 heterocycles. The van der Waals surface area contributed by atoms with E-state index in [4.69, 9.17) is 10.6 Å². The van der Waals surface area contributed by atoms with Crippen LogP contribution in [-0.4, -0.2) is 6.61 Å². The van der Waals surface area contributed by atoms with Gasteiger partial charge in [0.05, 0.1) is 12.6 Å². The largest absolute Gasteiger partial charge is 0.494 e. The number of benzene rings is 2. The Bertz CT molecular complexity index is 564. The molecule has 0 aromatic heterocycles. The smallest absolute Gasteiger partial charge is 0.119 e. The SMILES string of the molecule is CCOc1ccc(C(NN)c2cc(C)ccc2C)cc1. The fraction of sp³-hybridized carbons (Fsp3) is 0.294. The van der Waals surface area contributed by atoms with Gasteiger partial charge in [0.2, 0.25) is 0 Å². The Balaban J connectivity index is 2.34. The van der Waals surface area contributed by atoms with Crippen LogP contribution in [0.4, 0.5) is 0 Å². The molecule has 2 aromatic rings. The molecule has 2 rings (SSSR count). The van der Waals surface area contributed by atoms with E-state index in [0.717, 1.165) is 11.3 Å². The Labute approximate surface area is 120 Å². The molecule has 106 valence electrons. The van der Waals surface area contributed by atoms with Crippen LogP contribution in [0, 0.1) is 13.8 Å². The number of hydrazine groups is 1. The standard InChI is InChI=1S/C17H22N2O/c1-4-20-15-9-7-14(8-10-15)17(19-18)16-11-12(2)5-6-13(16)3/h5-11,17,19H,4,18H2,1-3H3. The van der Waals surface area contributed by atoms with Crippen LogP contribution >= 0.6 is 0 Å². The van der Waals surface area contributed by atoms with Crippen LogP contribution in [0.5, 0.6) is 5.75 Å². The average molecular weight is 270 g/mol. The van der Waals surface area contributed by atoms with Gasteiger partial charge in [-0.15, -0.1) is 0 Å². The first-order valence-electron chi connectivity index (χ1n) is 6.91. The Hall–Kier alpha value is -1.84. The lowest BCUT2D eigenvalue weighted by Gasteiger charge is -2.20. The molecule has 3 nitrogen and oxygen atoms in total. The van der Waals surface area contributed by atoms with Gasteiger partial charge in [-0.2, -0.15) is 0 Å². The molecular weight excluding hydrogens is 248 g/mol. The minimum Gasteiger partial charge on any atom is -0.494 e. The summed E-state index contributed by atoms with van der Waals surface area (Å²) in [6, 6.07) is 14.5. The highest BCUT2D eigenvalue weighted by molar-refractivity contribution is 5.40. The molecule has 0 bridgehead atoms. The maximum Gasteiger partial charge on any atom is 0.119 e. The highest BCUT2D eigenvalue weighted by Gasteiger charge is 2.14. The van der Waals surface area contributed by atoms with Gasteiger partial charge in [-0.25, -0.2) is 5.43 Å². The van der Waals surface area contributed by atoms with E-state index in [1.54, 1.807) is 0 Å². The molecule has 0 aliphatic rings. The van der Waals surface area contributed by atoms with Crippen LogP contribution in [0.1, 0.15) is 35.2 Å². The van der Waals surface area contributed by atoms with E-state index in [1.807, 2.05) is 19.1 Å². The molecule has 0 saturated carbocycles. The Morgan fingerprint density at radius 1 is 1.10 bits per heavy atom. The molecule has 0 saturated heterocycles. The van der Waals surface area contributed by atoms with Crippen LogP contribution in [0.3, 0.4) is 0 Å². The van der Waals surface area contributed by atoms with E-state index in [0.29, 0.717) is 6.61 Å². The summed E-state index contributed by atoms with van der Waals surface area (Å²) in [7, 11) is 0. The van der Waals surface area contributed by atoms with Gasteiger partial charge in [0, 0.05) is 0 Å². The van der Waals surface area contributed by atoms with E-state index in [-0.39, 0.29) is 6.04 Å². The monoisotopic (exact) mass is 270 g/mol. The van der Waals surface area contributed by atoms with Gasteiger partial charge < -0.3 is 4.74 Å². The first-order chi connectivity index (χ1) is 9.65. The maximum absolute atomic E-state index is 5.77. The quantitative estimate of drug-likeness (QED) is 0.647. The average Bonchev–Trinajstić information content (AvgIpc) is 2.45. The van der Waals surface area contributed by atoms with Crippen molar-refractivity contribution in [3.63, 3.8) is 0 Å². The van der Waals surface area contributed by atoms with Gasteiger partial charge in [-0.05, 0) is 49.6 Å². The highest BCUT2D eigenvalue weighted by Crippen LogP contribution is 2.26. The van der Waals surface area contributed by atoms with Crippen molar-refractivity contribution in [1.82, 2.24) is 5.43 Å². The fourth-order valence-corrected chi connectivity index (χ4v) is 2.36. The van der Waals surface area contributed by atoms with Gasteiger partial charge in [-0.3, -0.25) is 5.84 Å². The first kappa shape index (κ1) is 14.6. The second kappa shape index (κ2) is 6.55. The number of nitrogens with one attached hydrogen (secondary N) is 1. The molecule has 0 aliphatic heterocycles. The van der Waals surface area contributed by atoms with Gasteiger partial charge >= 0.3 is 0 Å². The van der Waals surface area contributed by atoms with Crippen molar-refractivity contribution in [2.45, 2.75) is 26.8 Å². The molecule has 1 unspecified atom stereocenters. The van der Waals surface area contributed by atoms with Crippen LogP contribution < -0.4 is 16.0 Å². The van der Waals surface area contributed by atoms with Crippen molar-refractivity contribution in [2.75, 3.05) is 6.61 Å². The summed E-state index contributed by atoms with van der Waals surface area (Å²) in [4.78, 5) is 0. The maximum atomic E-state index is 5.77. The van der Waals surface area contributed by atoms with Crippen molar-refractivity contribution in [3.05, 3.63) is 64.7 Å². The minimum absolute atomic E-state index is 0.00873. The molecule has 3 heteroatoms. The Morgan fingerprint density at radius 3 is 2.40 bits per heavy atom. The predicted molar refractivity (Wildman–Crippen MR) is 82.7 cm³/mol. The predicted octanol–water partition coefficient (Wildman–Crippen LogP) is 3.25. The number of hydrogen-bond donors (Lipinski definition) is 2. The zero-order valence-corrected chi connectivity index (χ0v) is 12.3. The minimum atomic E-state index is -0.00873. The molecule has 0 spiro atoms. The van der Waals surface area contributed by atoms with E-state index < -0.39 is 0 Å². The summed E-state index contributed by atoms with van der Waals surface area (Å²) in [5.74, 6) is 6.65. The molecule has 0 fully saturated rings. The van der Waals surface area contributed by atoms with Crippen molar-refractivity contribution < 1.29 is 4.74 Å². The van der Waals surface area contributed by atoms with Crippen LogP contribution in [0.2, 0.25) is 0 Å². The Kier molecular flexibility index (Phi) is 4.77. The second-order valence-electron chi connectivity index (χ2n) is 4.96. The molecule has 0 aliphatic carbocycles. The van der Waals surface area contributed by atoms with Crippen LogP contribution in [0.15, 0.2) is 42.5 Å². The molecule has 0 amide bonds. The van der Waals surface area contributed by atoms with E-state index in [2.05, 4.69) is 49.6 Å². The second-order valence-corrected chi connectivity index (χ2v) is 4.96. The number of hydrogen-bond acceptors (Lipinski definition) is 3. The summed E-state index contributed by atoms with van der Waals surface area (Å²) < 4.78 is 5.47. The molecule has 20 heavy (non-hydrogen) atoms. The van der Waals surface area contributed by atoms with Crippen LogP contribution in [-0.2, 0) is 0 Å². The van der Waals surface area contributed by atoms with E-state index >= 15 is 0 Å². The molecule has 1 atom stereocenters. The normalized spacial score (nSPS) is 12.2. The van der Waals surface area contributed by atoms with E-state index in [1.165, 1.54) is 16.7 Å². The molecule has 0 radical (unpaired) electrons. The number of aryl methyl sites for hydroxylation is 2. The zero-order chi connectivity index (χ0) is 14.5. The third-order valence-electron chi connectivity index (χ3n) is 3.44. The van der Waals surface area contributed by atoms with Crippen molar-refractivity contribution in [1.29, 1.82) is 0 Å². The third kappa shape index (κ3) is 3.18. The molecule has 3 N–H and O–H groups in total. The lowest BCUT2D eigenvalue weighted by Crippen LogP contribution is -2.29. The Morgan fingerprint density at radius 2 is 1.80 bits per heavy atom. The van der Waals surface area contributed by atoms with Crippen molar-refractivity contribution in [2.24, 2.45) is 5.84 Å². The third-order valence-corrected chi connectivity index (χ3v) is 3.44. The molecular formula is C17H22N2O. The highest BCUT2D eigenvalue weighted by atomic mass is 16.5. The van der Waals surface area contributed by atoms with Crippen molar-refractivity contribution in [3.8, 4) is 5.75 Å². The first-order valence-corrected chi connectivity index (χ1v) is 6.91. The van der Waals surface area contributed by atoms with Gasteiger partial charge in [0.15, 0.2) is 0 Å². The summed E-state index contributed by atoms with van der Waals surface area (Å²) in [6.45, 7) is 6.85. The number of nitrogens with two attached hydrogens (primary N) is 1. The number of ether oxygens (including phenoxy) is 1. The zero-order valence-electron chi connectivity index (χ0n) is 12.3. The number of rotatable bonds is 5. The lowest BCUT2D eigenvalue weighted by molar-refractivity contribution is 0.340.